The standard InChI is InChI=1S/C29H30ClN7O3S.C2H6/c1-40-18-5-7-23(31-15-38)22(13-18)21-14-20(21)17-4-6-19-24(12-17)35-36-27(19)33-28-25(30)29(34-26(32-28)16-2-3-16)37-8-10-41(39)11-9-37;1-2/h4-7,12-13,15-16,20-21H,2-3,8-11,14H2,1H3,(H,31,38)(H2,32,33,34,35,36);1-2H3. The molecule has 1 aliphatic heterocycles. The molecule has 1 saturated heterocycles. The van der Waals surface area contributed by atoms with Gasteiger partial charge >= 0.3 is 0 Å². The predicted molar refractivity (Wildman–Crippen MR) is 173 cm³/mol. The Hall–Kier alpha value is -3.70. The van der Waals surface area contributed by atoms with Crippen LogP contribution in [0.1, 0.15) is 67.8 Å². The van der Waals surface area contributed by atoms with Crippen LogP contribution in [0.15, 0.2) is 36.4 Å². The second-order valence-corrected chi connectivity index (χ2v) is 12.9. The van der Waals surface area contributed by atoms with Gasteiger partial charge in [-0.15, -0.1) is 0 Å². The normalized spacial score (nSPS) is 19.9. The highest BCUT2D eigenvalue weighted by atomic mass is 35.5. The van der Waals surface area contributed by atoms with Crippen molar-refractivity contribution in [3.8, 4) is 5.75 Å². The van der Waals surface area contributed by atoms with Crippen molar-refractivity contribution in [2.24, 2.45) is 0 Å². The van der Waals surface area contributed by atoms with E-state index in [4.69, 9.17) is 26.3 Å². The van der Waals surface area contributed by atoms with Crippen LogP contribution in [0.2, 0.25) is 5.02 Å². The number of ether oxygens (including phenoxy) is 1. The fourth-order valence-electron chi connectivity index (χ4n) is 5.67. The zero-order valence-electron chi connectivity index (χ0n) is 24.5. The lowest BCUT2D eigenvalue weighted by molar-refractivity contribution is -0.105. The number of amides is 1. The third-order valence-electron chi connectivity index (χ3n) is 8.19. The Morgan fingerprint density at radius 1 is 1.07 bits per heavy atom. The number of benzene rings is 2. The van der Waals surface area contributed by atoms with E-state index in [2.05, 4.69) is 43.9 Å². The average Bonchev–Trinajstić information content (AvgIpc) is 3.98. The molecule has 10 nitrogen and oxygen atoms in total. The molecule has 3 heterocycles. The molecule has 2 atom stereocenters. The van der Waals surface area contributed by atoms with Crippen molar-refractivity contribution in [3.05, 3.63) is 58.4 Å². The third kappa shape index (κ3) is 6.05. The molecule has 226 valence electrons. The van der Waals surface area contributed by atoms with Crippen LogP contribution < -0.4 is 20.3 Å². The first-order valence-corrected chi connectivity index (χ1v) is 16.7. The minimum atomic E-state index is -0.789. The van der Waals surface area contributed by atoms with Crippen LogP contribution in [0.5, 0.6) is 5.75 Å². The summed E-state index contributed by atoms with van der Waals surface area (Å²) in [5.74, 6) is 5.65. The molecule has 3 N–H and O–H groups in total. The van der Waals surface area contributed by atoms with Gasteiger partial charge in [-0.3, -0.25) is 14.1 Å². The fraction of sp³-hybridized carbons (Fsp3) is 0.419. The maximum absolute atomic E-state index is 11.9. The molecule has 3 fully saturated rings. The highest BCUT2D eigenvalue weighted by Gasteiger charge is 2.41. The van der Waals surface area contributed by atoms with Gasteiger partial charge in [0, 0.05) is 52.4 Å². The Balaban J connectivity index is 0.00000161. The van der Waals surface area contributed by atoms with Gasteiger partial charge < -0.3 is 20.3 Å². The summed E-state index contributed by atoms with van der Waals surface area (Å²) >= 11 is 6.87. The van der Waals surface area contributed by atoms with Gasteiger partial charge in [0.2, 0.25) is 6.41 Å². The molecular formula is C31H36ClN7O3S. The molecule has 0 bridgehead atoms. The van der Waals surface area contributed by atoms with E-state index in [-0.39, 0.29) is 5.92 Å². The molecule has 12 heteroatoms. The lowest BCUT2D eigenvalue weighted by Gasteiger charge is -2.28. The first kappa shape index (κ1) is 29.4. The van der Waals surface area contributed by atoms with Crippen molar-refractivity contribution < 1.29 is 13.7 Å². The average molecular weight is 622 g/mol. The van der Waals surface area contributed by atoms with Crippen LogP contribution in [-0.2, 0) is 15.6 Å². The number of carbonyl (C=O) groups excluding carboxylic acids is 1. The summed E-state index contributed by atoms with van der Waals surface area (Å²) < 4.78 is 17.3. The number of hydrogen-bond acceptors (Lipinski definition) is 8. The van der Waals surface area contributed by atoms with E-state index in [1.165, 1.54) is 5.56 Å². The number of aromatic nitrogens is 4. The Morgan fingerprint density at radius 3 is 2.58 bits per heavy atom. The van der Waals surface area contributed by atoms with E-state index >= 15 is 0 Å². The van der Waals surface area contributed by atoms with Gasteiger partial charge in [-0.2, -0.15) is 5.10 Å². The highest BCUT2D eigenvalue weighted by molar-refractivity contribution is 7.85. The Kier molecular flexibility index (Phi) is 8.54. The third-order valence-corrected chi connectivity index (χ3v) is 9.81. The lowest BCUT2D eigenvalue weighted by atomic mass is 10.0. The topological polar surface area (TPSA) is 125 Å². The SMILES string of the molecule is CC.COc1ccc(NC=O)c(C2CC2c2ccc3c(Nc4nc(C5CC5)nc(N5CCS(=O)CC5)c4Cl)n[nH]c3c2)c1. The molecule has 7 rings (SSSR count). The van der Waals surface area contributed by atoms with Crippen molar-refractivity contribution in [1.82, 2.24) is 20.2 Å². The van der Waals surface area contributed by atoms with Gasteiger partial charge in [0.15, 0.2) is 17.5 Å². The van der Waals surface area contributed by atoms with Crippen LogP contribution in [-0.4, -0.2) is 62.5 Å². The molecule has 2 unspecified atom stereocenters. The molecule has 4 aromatic rings. The zero-order valence-corrected chi connectivity index (χ0v) is 26.1. The molecule has 43 heavy (non-hydrogen) atoms. The van der Waals surface area contributed by atoms with E-state index in [1.54, 1.807) is 7.11 Å². The molecule has 0 spiro atoms. The molecule has 2 saturated carbocycles. The van der Waals surface area contributed by atoms with E-state index in [0.29, 0.717) is 65.3 Å². The molecule has 3 aliphatic rings. The summed E-state index contributed by atoms with van der Waals surface area (Å²) in [6.45, 7) is 5.32. The number of anilines is 4. The van der Waals surface area contributed by atoms with Crippen molar-refractivity contribution in [2.75, 3.05) is 47.2 Å². The van der Waals surface area contributed by atoms with Crippen LogP contribution >= 0.6 is 11.6 Å². The lowest BCUT2D eigenvalue weighted by Crippen LogP contribution is -2.38. The number of nitrogens with zero attached hydrogens (tertiary/aromatic N) is 4. The van der Waals surface area contributed by atoms with Crippen molar-refractivity contribution >= 4 is 62.9 Å². The summed E-state index contributed by atoms with van der Waals surface area (Å²) in [6.07, 6.45) is 3.84. The Morgan fingerprint density at radius 2 is 1.86 bits per heavy atom. The molecule has 2 aromatic heterocycles. The van der Waals surface area contributed by atoms with Gasteiger partial charge in [0.25, 0.3) is 0 Å². The number of hydrogen-bond donors (Lipinski definition) is 3. The first-order chi connectivity index (χ1) is 21.0. The van der Waals surface area contributed by atoms with Crippen LogP contribution in [0.25, 0.3) is 10.9 Å². The number of carbonyl (C=O) groups is 1. The zero-order chi connectivity index (χ0) is 30.1. The van der Waals surface area contributed by atoms with Crippen molar-refractivity contribution in [1.29, 1.82) is 0 Å². The maximum atomic E-state index is 11.9. The monoisotopic (exact) mass is 621 g/mol. The van der Waals surface area contributed by atoms with Gasteiger partial charge in [0.05, 0.1) is 12.6 Å². The minimum absolute atomic E-state index is 0.289. The Bertz CT molecular complexity index is 1660. The number of fused-ring (bicyclic) bond motifs is 1. The summed E-state index contributed by atoms with van der Waals surface area (Å²) in [5.41, 5.74) is 4.01. The van der Waals surface area contributed by atoms with Crippen LogP contribution in [0.3, 0.4) is 0 Å². The number of rotatable bonds is 9. The second-order valence-electron chi connectivity index (χ2n) is 10.8. The van der Waals surface area contributed by atoms with Crippen molar-refractivity contribution in [2.45, 2.75) is 50.9 Å². The number of nitrogens with one attached hydrogen (secondary N) is 3. The fourth-order valence-corrected chi connectivity index (χ4v) is 6.97. The van der Waals surface area contributed by atoms with Crippen LogP contribution in [0.4, 0.5) is 23.1 Å². The van der Waals surface area contributed by atoms with Gasteiger partial charge in [-0.25, -0.2) is 9.97 Å². The largest absolute Gasteiger partial charge is 0.497 e. The van der Waals surface area contributed by atoms with Gasteiger partial charge in [-0.1, -0.05) is 31.5 Å². The molecule has 2 aliphatic carbocycles. The summed E-state index contributed by atoms with van der Waals surface area (Å²) in [4.78, 5) is 22.9. The Labute approximate surface area is 258 Å². The minimum Gasteiger partial charge on any atom is -0.497 e. The summed E-state index contributed by atoms with van der Waals surface area (Å²) in [6, 6.07) is 12.1. The van der Waals surface area contributed by atoms with Gasteiger partial charge in [-0.05, 0) is 72.6 Å². The smallest absolute Gasteiger partial charge is 0.211 e. The van der Waals surface area contributed by atoms with Crippen molar-refractivity contribution in [3.63, 3.8) is 0 Å². The van der Waals surface area contributed by atoms with Gasteiger partial charge in [0.1, 0.15) is 16.6 Å². The number of halogens is 1. The number of aromatic amines is 1. The number of methoxy groups -OCH3 is 1. The molecule has 2 aromatic carbocycles. The van der Waals surface area contributed by atoms with E-state index in [0.717, 1.165) is 53.0 Å². The first-order valence-electron chi connectivity index (χ1n) is 14.8. The quantitative estimate of drug-likeness (QED) is 0.192. The summed E-state index contributed by atoms with van der Waals surface area (Å²) in [5, 5.41) is 15.3. The second kappa shape index (κ2) is 12.5. The highest BCUT2D eigenvalue weighted by Crippen LogP contribution is 2.57. The van der Waals surface area contributed by atoms with E-state index in [9.17, 15) is 9.00 Å². The molecule has 1 amide bonds. The predicted octanol–water partition coefficient (Wildman–Crippen LogP) is 6.07. The van der Waals surface area contributed by atoms with Crippen LogP contribution in [0, 0.1) is 0 Å². The summed E-state index contributed by atoms with van der Waals surface area (Å²) in [7, 11) is 0.857. The maximum Gasteiger partial charge on any atom is 0.211 e. The number of H-pyrrole nitrogens is 1. The van der Waals surface area contributed by atoms with E-state index < -0.39 is 10.8 Å². The molecule has 0 radical (unpaired) electrons. The van der Waals surface area contributed by atoms with E-state index in [1.807, 2.05) is 32.0 Å². The molecular weight excluding hydrogens is 586 g/mol.